The van der Waals surface area contributed by atoms with Crippen molar-refractivity contribution in [3.63, 3.8) is 0 Å². The zero-order valence-electron chi connectivity index (χ0n) is 17.2. The molecular formula is C22H23ClN6O2. The first kappa shape index (κ1) is 19.7. The molecule has 2 aromatic heterocycles. The van der Waals surface area contributed by atoms with Crippen molar-refractivity contribution in [2.45, 2.75) is 18.6 Å². The largest absolute Gasteiger partial charge is 0.444 e. The number of hydrogen-bond acceptors (Lipinski definition) is 6. The highest BCUT2D eigenvalue weighted by Gasteiger charge is 2.47. The predicted octanol–water partition coefficient (Wildman–Crippen LogP) is 3.79. The van der Waals surface area contributed by atoms with Crippen LogP contribution in [-0.2, 0) is 4.74 Å². The van der Waals surface area contributed by atoms with E-state index in [9.17, 15) is 4.79 Å². The summed E-state index contributed by atoms with van der Waals surface area (Å²) in [5, 5.41) is 3.96. The Kier molecular flexibility index (Phi) is 4.74. The molecule has 1 fully saturated rings. The number of ether oxygens (including phenoxy) is 1. The fraction of sp³-hybridized carbons (Fsp3) is 0.318. The summed E-state index contributed by atoms with van der Waals surface area (Å²) in [6.07, 6.45) is 5.62. The van der Waals surface area contributed by atoms with Gasteiger partial charge in [0.1, 0.15) is 17.4 Å². The van der Waals surface area contributed by atoms with Gasteiger partial charge in [0.2, 0.25) is 0 Å². The minimum Gasteiger partial charge on any atom is -0.444 e. The van der Waals surface area contributed by atoms with Crippen molar-refractivity contribution < 1.29 is 9.53 Å². The molecule has 0 spiro atoms. The average Bonchev–Trinajstić information content (AvgIpc) is 3.45. The van der Waals surface area contributed by atoms with Crippen LogP contribution in [0.15, 0.2) is 42.6 Å². The van der Waals surface area contributed by atoms with Gasteiger partial charge in [-0.2, -0.15) is 0 Å². The van der Waals surface area contributed by atoms with Crippen LogP contribution in [0.4, 0.5) is 16.2 Å². The molecule has 1 aromatic carbocycles. The van der Waals surface area contributed by atoms with Crippen molar-refractivity contribution in [3.05, 3.63) is 47.6 Å². The number of imidazole rings is 1. The number of hydrogen-bond donors (Lipinski definition) is 3. The van der Waals surface area contributed by atoms with Crippen LogP contribution in [0.3, 0.4) is 0 Å². The van der Waals surface area contributed by atoms with E-state index in [1.54, 1.807) is 6.20 Å². The van der Waals surface area contributed by atoms with E-state index in [-0.39, 0.29) is 24.0 Å². The lowest BCUT2D eigenvalue weighted by Gasteiger charge is -2.29. The maximum absolute atomic E-state index is 11.4. The fourth-order valence-electron chi connectivity index (χ4n) is 4.57. The van der Waals surface area contributed by atoms with E-state index >= 15 is 0 Å². The minimum atomic E-state index is -0.770. The van der Waals surface area contributed by atoms with Crippen molar-refractivity contribution in [1.29, 1.82) is 0 Å². The molecule has 2 bridgehead atoms. The second kappa shape index (κ2) is 7.46. The molecule has 4 atom stereocenters. The number of aromatic nitrogens is 3. The lowest BCUT2D eigenvalue weighted by atomic mass is 9.98. The monoisotopic (exact) mass is 438 g/mol. The Bertz CT molecular complexity index is 1190. The lowest BCUT2D eigenvalue weighted by molar-refractivity contribution is 0.0854. The quantitative estimate of drug-likeness (QED) is 0.523. The van der Waals surface area contributed by atoms with Gasteiger partial charge in [-0.15, -0.1) is 0 Å². The summed E-state index contributed by atoms with van der Waals surface area (Å²) in [6.45, 7) is 0. The minimum absolute atomic E-state index is 0.130. The number of aromatic amines is 1. The molecule has 0 unspecified atom stereocenters. The van der Waals surface area contributed by atoms with Gasteiger partial charge in [-0.3, -0.25) is 0 Å². The number of anilines is 2. The molecule has 31 heavy (non-hydrogen) atoms. The van der Waals surface area contributed by atoms with Crippen LogP contribution >= 0.6 is 11.6 Å². The van der Waals surface area contributed by atoms with Gasteiger partial charge in [0, 0.05) is 37.2 Å². The van der Waals surface area contributed by atoms with Crippen molar-refractivity contribution in [2.24, 2.45) is 17.6 Å². The second-order valence-electron chi connectivity index (χ2n) is 8.23. The number of H-pyrrole nitrogens is 1. The van der Waals surface area contributed by atoms with Crippen LogP contribution in [-0.4, -0.2) is 47.3 Å². The molecule has 2 heterocycles. The van der Waals surface area contributed by atoms with Crippen molar-refractivity contribution >= 4 is 40.2 Å². The van der Waals surface area contributed by atoms with Crippen LogP contribution in [0.1, 0.15) is 6.42 Å². The van der Waals surface area contributed by atoms with Crippen LogP contribution in [0, 0.1) is 11.8 Å². The predicted molar refractivity (Wildman–Crippen MR) is 121 cm³/mol. The Labute approximate surface area is 184 Å². The Morgan fingerprint density at radius 3 is 2.90 bits per heavy atom. The van der Waals surface area contributed by atoms with Crippen molar-refractivity contribution in [2.75, 3.05) is 24.3 Å². The first-order chi connectivity index (χ1) is 14.9. The summed E-state index contributed by atoms with van der Waals surface area (Å²) < 4.78 is 5.43. The van der Waals surface area contributed by atoms with E-state index < -0.39 is 6.09 Å². The number of nitrogens with two attached hydrogens (primary N) is 1. The highest BCUT2D eigenvalue weighted by Crippen LogP contribution is 2.44. The van der Waals surface area contributed by atoms with Gasteiger partial charge in [-0.25, -0.2) is 14.8 Å². The number of pyridine rings is 1. The normalized spacial score (nSPS) is 24.0. The number of carbonyl (C=O) groups is 1. The number of nitrogens with zero attached hydrogens (tertiary/aromatic N) is 3. The molecule has 0 radical (unpaired) electrons. The zero-order valence-corrected chi connectivity index (χ0v) is 17.9. The number of benzene rings is 1. The zero-order chi connectivity index (χ0) is 21.7. The first-order valence-corrected chi connectivity index (χ1v) is 10.5. The molecule has 4 N–H and O–H groups in total. The Morgan fingerprint density at radius 1 is 1.32 bits per heavy atom. The number of fused-ring (bicyclic) bond motifs is 3. The number of nitrogens with one attached hydrogen (secondary N) is 2. The van der Waals surface area contributed by atoms with Gasteiger partial charge >= 0.3 is 6.09 Å². The van der Waals surface area contributed by atoms with Gasteiger partial charge in [0.15, 0.2) is 5.65 Å². The summed E-state index contributed by atoms with van der Waals surface area (Å²) in [6, 6.07) is 7.95. The average molecular weight is 439 g/mol. The third-order valence-corrected chi connectivity index (χ3v) is 6.35. The highest BCUT2D eigenvalue weighted by atomic mass is 35.5. The molecule has 0 saturated heterocycles. The SMILES string of the molecule is CN(C)c1cccc(-c2nc3ncc(Cl)c(N[C@H]4[C@@H](OC(N)=O)[C@@H]5C=C[C@H]4C5)c3[nH]2)c1. The van der Waals surface area contributed by atoms with Crippen LogP contribution in [0.5, 0.6) is 0 Å². The van der Waals surface area contributed by atoms with Crippen LogP contribution < -0.4 is 16.0 Å². The van der Waals surface area contributed by atoms with E-state index in [0.29, 0.717) is 27.7 Å². The van der Waals surface area contributed by atoms with Crippen molar-refractivity contribution in [1.82, 2.24) is 15.0 Å². The van der Waals surface area contributed by atoms with Gasteiger partial charge in [0.25, 0.3) is 0 Å². The molecule has 5 rings (SSSR count). The van der Waals surface area contributed by atoms with Gasteiger partial charge < -0.3 is 25.7 Å². The third kappa shape index (κ3) is 3.46. The summed E-state index contributed by atoms with van der Waals surface area (Å²) in [4.78, 5) is 25.9. The van der Waals surface area contributed by atoms with E-state index in [1.807, 2.05) is 37.2 Å². The number of rotatable bonds is 5. The lowest BCUT2D eigenvalue weighted by Crippen LogP contribution is -2.41. The van der Waals surface area contributed by atoms with E-state index in [2.05, 4.69) is 38.5 Å². The number of carbonyl (C=O) groups excluding carboxylic acids is 1. The van der Waals surface area contributed by atoms with E-state index in [4.69, 9.17) is 22.1 Å². The van der Waals surface area contributed by atoms with E-state index in [1.165, 1.54) is 0 Å². The second-order valence-corrected chi connectivity index (χ2v) is 8.64. The smallest absolute Gasteiger partial charge is 0.404 e. The van der Waals surface area contributed by atoms with Gasteiger partial charge in [-0.05, 0) is 18.6 Å². The van der Waals surface area contributed by atoms with Gasteiger partial charge in [0.05, 0.1) is 22.9 Å². The van der Waals surface area contributed by atoms with Gasteiger partial charge in [-0.1, -0.05) is 35.9 Å². The Morgan fingerprint density at radius 2 is 2.13 bits per heavy atom. The van der Waals surface area contributed by atoms with Crippen LogP contribution in [0.2, 0.25) is 5.02 Å². The number of halogens is 1. The molecule has 160 valence electrons. The van der Waals surface area contributed by atoms with Crippen LogP contribution in [0.25, 0.3) is 22.6 Å². The molecule has 9 heteroatoms. The molecule has 8 nitrogen and oxygen atoms in total. The third-order valence-electron chi connectivity index (χ3n) is 6.06. The number of primary amides is 1. The molecule has 2 aliphatic carbocycles. The maximum Gasteiger partial charge on any atom is 0.404 e. The number of amides is 1. The first-order valence-electron chi connectivity index (χ1n) is 10.1. The summed E-state index contributed by atoms with van der Waals surface area (Å²) in [5.41, 5.74) is 9.29. The summed E-state index contributed by atoms with van der Waals surface area (Å²) in [5.74, 6) is 1.08. The molecule has 1 amide bonds. The fourth-order valence-corrected chi connectivity index (χ4v) is 4.77. The topological polar surface area (TPSA) is 109 Å². The standard InChI is InChI=1S/C22H23ClN6O2/c1-29(2)14-5-3-4-13(9-14)20-27-18-17(15(23)10-25-21(18)28-20)26-16-11-6-7-12(8-11)19(16)31-22(24)30/h3-7,9-12,16,19H,8H2,1-2H3,(H2,24,30)(H2,25,26,27,28)/t11-,12+,16+,19-/m0/s1. The molecule has 1 saturated carbocycles. The molecular weight excluding hydrogens is 416 g/mol. The Balaban J connectivity index is 1.52. The maximum atomic E-state index is 11.4. The van der Waals surface area contributed by atoms with E-state index in [0.717, 1.165) is 17.7 Å². The summed E-state index contributed by atoms with van der Waals surface area (Å²) >= 11 is 6.53. The molecule has 2 aliphatic rings. The Hall–Kier alpha value is -3.26. The molecule has 3 aromatic rings. The van der Waals surface area contributed by atoms with Crippen molar-refractivity contribution in [3.8, 4) is 11.4 Å². The molecule has 0 aliphatic heterocycles. The summed E-state index contributed by atoms with van der Waals surface area (Å²) in [7, 11) is 3.99. The highest BCUT2D eigenvalue weighted by molar-refractivity contribution is 6.34.